The number of nitrogens with zero attached hydrogens (tertiary/aromatic N) is 1. The van der Waals surface area contributed by atoms with Crippen LogP contribution in [0.15, 0.2) is 53.5 Å². The summed E-state index contributed by atoms with van der Waals surface area (Å²) in [6.45, 7) is 4.68. The first-order chi connectivity index (χ1) is 13.7. The van der Waals surface area contributed by atoms with Crippen molar-refractivity contribution in [2.45, 2.75) is 32.5 Å². The molecule has 2 atom stereocenters. The molecule has 1 amide bonds. The van der Waals surface area contributed by atoms with Gasteiger partial charge in [0.15, 0.2) is 0 Å². The minimum absolute atomic E-state index is 0.275. The molecule has 0 aliphatic carbocycles. The zero-order chi connectivity index (χ0) is 21.4. The van der Waals surface area contributed by atoms with E-state index in [4.69, 9.17) is 23.1 Å². The van der Waals surface area contributed by atoms with Gasteiger partial charge in [0.05, 0.1) is 6.17 Å². The van der Waals surface area contributed by atoms with Crippen LogP contribution < -0.4 is 22.1 Å². The number of nitrogens with one attached hydrogen (secondary N) is 2. The van der Waals surface area contributed by atoms with Crippen molar-refractivity contribution in [3.8, 4) is 0 Å². The van der Waals surface area contributed by atoms with Gasteiger partial charge in [0.1, 0.15) is 5.82 Å². The van der Waals surface area contributed by atoms with E-state index in [0.29, 0.717) is 29.5 Å². The Balaban J connectivity index is 2.06. The predicted molar refractivity (Wildman–Crippen MR) is 115 cm³/mol. The largest absolute Gasteiger partial charge is 0.356 e. The minimum Gasteiger partial charge on any atom is -0.356 e. The number of hydrogen-bond acceptors (Lipinski definition) is 3. The molecule has 0 aliphatic rings. The molecule has 2 aromatic rings. The van der Waals surface area contributed by atoms with Crippen LogP contribution in [0.1, 0.15) is 42.2 Å². The molecule has 6 nitrogen and oxygen atoms in total. The van der Waals surface area contributed by atoms with Gasteiger partial charge < -0.3 is 22.1 Å². The summed E-state index contributed by atoms with van der Waals surface area (Å²) in [5.41, 5.74) is 13.5. The summed E-state index contributed by atoms with van der Waals surface area (Å²) >= 11 is 5.86. The Bertz CT molecular complexity index is 824. The van der Waals surface area contributed by atoms with Crippen molar-refractivity contribution in [3.63, 3.8) is 0 Å². The molecule has 0 fully saturated rings. The van der Waals surface area contributed by atoms with Crippen LogP contribution in [-0.4, -0.2) is 24.6 Å². The number of halogens is 2. The maximum absolute atomic E-state index is 13.1. The van der Waals surface area contributed by atoms with Gasteiger partial charge >= 0.3 is 0 Å². The lowest BCUT2D eigenvalue weighted by Crippen LogP contribution is -2.49. The number of amides is 1. The quantitative estimate of drug-likeness (QED) is 0.313. The zero-order valence-electron chi connectivity index (χ0n) is 16.5. The van der Waals surface area contributed by atoms with Crippen LogP contribution in [0.3, 0.4) is 0 Å². The lowest BCUT2D eigenvalue weighted by atomic mass is 10.0. The topological polar surface area (TPSA) is 106 Å². The fourth-order valence-electron chi connectivity index (χ4n) is 2.54. The van der Waals surface area contributed by atoms with Gasteiger partial charge in [-0.15, -0.1) is 0 Å². The average molecular weight is 420 g/mol. The van der Waals surface area contributed by atoms with Crippen molar-refractivity contribution in [2.24, 2.45) is 22.4 Å². The first-order valence-electron chi connectivity index (χ1n) is 9.40. The minimum atomic E-state index is -0.563. The molecular weight excluding hydrogens is 393 g/mol. The fourth-order valence-corrected chi connectivity index (χ4v) is 2.66. The van der Waals surface area contributed by atoms with E-state index >= 15 is 0 Å². The van der Waals surface area contributed by atoms with Crippen LogP contribution in [0.4, 0.5) is 4.39 Å². The van der Waals surface area contributed by atoms with E-state index in [9.17, 15) is 9.18 Å². The van der Waals surface area contributed by atoms with Gasteiger partial charge in [0.2, 0.25) is 5.96 Å². The van der Waals surface area contributed by atoms with Gasteiger partial charge in [0.25, 0.3) is 5.91 Å². The van der Waals surface area contributed by atoms with E-state index in [0.717, 1.165) is 5.56 Å². The van der Waals surface area contributed by atoms with Crippen molar-refractivity contribution in [3.05, 3.63) is 70.5 Å². The summed E-state index contributed by atoms with van der Waals surface area (Å²) in [4.78, 5) is 16.6. The molecule has 8 heteroatoms. The normalized spacial score (nSPS) is 13.8. The number of benzene rings is 2. The van der Waals surface area contributed by atoms with E-state index in [-0.39, 0.29) is 11.8 Å². The molecule has 0 radical (unpaired) electrons. The number of rotatable bonds is 7. The Morgan fingerprint density at radius 3 is 2.31 bits per heavy atom. The van der Waals surface area contributed by atoms with Gasteiger partial charge in [-0.25, -0.2) is 4.39 Å². The van der Waals surface area contributed by atoms with Crippen molar-refractivity contribution in [1.82, 2.24) is 10.6 Å². The maximum atomic E-state index is 13.1. The van der Waals surface area contributed by atoms with Gasteiger partial charge in [0, 0.05) is 23.2 Å². The number of carbonyl (C=O) groups excluding carboxylic acids is 1. The Labute approximate surface area is 175 Å². The molecule has 156 valence electrons. The van der Waals surface area contributed by atoms with Crippen molar-refractivity contribution < 1.29 is 9.18 Å². The first kappa shape index (κ1) is 22.8. The van der Waals surface area contributed by atoms with Crippen molar-refractivity contribution in [1.29, 1.82) is 0 Å². The highest BCUT2D eigenvalue weighted by atomic mass is 35.5. The van der Waals surface area contributed by atoms with Crippen LogP contribution in [0, 0.1) is 11.7 Å². The summed E-state index contributed by atoms with van der Waals surface area (Å²) in [7, 11) is 0. The van der Waals surface area contributed by atoms with Crippen LogP contribution in [-0.2, 0) is 0 Å². The van der Waals surface area contributed by atoms with Crippen LogP contribution in [0.25, 0.3) is 0 Å². The molecular formula is C21H27ClFN5O. The lowest BCUT2D eigenvalue weighted by Gasteiger charge is -2.22. The van der Waals surface area contributed by atoms with Gasteiger partial charge in [-0.1, -0.05) is 37.6 Å². The molecule has 0 saturated heterocycles. The summed E-state index contributed by atoms with van der Waals surface area (Å²) < 4.78 is 13.1. The zero-order valence-corrected chi connectivity index (χ0v) is 17.3. The SMILES string of the molecule is CC(C)CN/C(=N/C(=O)c1ccc(Cl)cc1)NC(N)CC(N)c1ccc(F)cc1. The predicted octanol–water partition coefficient (Wildman–Crippen LogP) is 3.19. The first-order valence-corrected chi connectivity index (χ1v) is 9.78. The molecule has 0 aromatic heterocycles. The summed E-state index contributed by atoms with van der Waals surface area (Å²) in [6.07, 6.45) is -0.199. The molecule has 2 aromatic carbocycles. The average Bonchev–Trinajstić information content (AvgIpc) is 2.66. The van der Waals surface area contributed by atoms with E-state index in [1.54, 1.807) is 36.4 Å². The fraction of sp³-hybridized carbons (Fsp3) is 0.333. The maximum Gasteiger partial charge on any atom is 0.280 e. The van der Waals surface area contributed by atoms with Crippen molar-refractivity contribution in [2.75, 3.05) is 6.54 Å². The van der Waals surface area contributed by atoms with E-state index in [1.165, 1.54) is 12.1 Å². The van der Waals surface area contributed by atoms with Gasteiger partial charge in [-0.05, 0) is 54.3 Å². The van der Waals surface area contributed by atoms with E-state index in [2.05, 4.69) is 15.6 Å². The molecule has 0 saturated carbocycles. The number of carbonyl (C=O) groups is 1. The van der Waals surface area contributed by atoms with E-state index < -0.39 is 18.1 Å². The second-order valence-electron chi connectivity index (χ2n) is 7.19. The third kappa shape index (κ3) is 7.81. The van der Waals surface area contributed by atoms with Gasteiger partial charge in [-0.2, -0.15) is 4.99 Å². The molecule has 0 spiro atoms. The van der Waals surface area contributed by atoms with E-state index in [1.807, 2.05) is 13.8 Å². The monoisotopic (exact) mass is 419 g/mol. The Kier molecular flexibility index (Phi) is 8.57. The lowest BCUT2D eigenvalue weighted by molar-refractivity contribution is 0.100. The third-order valence-electron chi connectivity index (χ3n) is 4.11. The van der Waals surface area contributed by atoms with Gasteiger partial charge in [-0.3, -0.25) is 4.79 Å². The molecule has 0 heterocycles. The number of nitrogens with two attached hydrogens (primary N) is 2. The van der Waals surface area contributed by atoms with Crippen LogP contribution >= 0.6 is 11.6 Å². The molecule has 0 aliphatic heterocycles. The Hall–Kier alpha value is -2.48. The summed E-state index contributed by atoms with van der Waals surface area (Å²) in [5, 5.41) is 6.66. The summed E-state index contributed by atoms with van der Waals surface area (Å²) in [5.74, 6) is -0.130. The van der Waals surface area contributed by atoms with Crippen molar-refractivity contribution >= 4 is 23.5 Å². The second kappa shape index (κ2) is 10.9. The molecule has 29 heavy (non-hydrogen) atoms. The second-order valence-corrected chi connectivity index (χ2v) is 7.63. The molecule has 0 bridgehead atoms. The number of hydrogen-bond donors (Lipinski definition) is 4. The molecule has 2 unspecified atom stereocenters. The highest BCUT2D eigenvalue weighted by Gasteiger charge is 2.15. The van der Waals surface area contributed by atoms with Crippen LogP contribution in [0.5, 0.6) is 0 Å². The molecule has 6 N–H and O–H groups in total. The number of guanidine groups is 1. The van der Waals surface area contributed by atoms with Crippen LogP contribution in [0.2, 0.25) is 5.02 Å². The summed E-state index contributed by atoms with van der Waals surface area (Å²) in [6, 6.07) is 12.1. The Morgan fingerprint density at radius 1 is 1.10 bits per heavy atom. The number of aliphatic imine (C=N–C) groups is 1. The third-order valence-corrected chi connectivity index (χ3v) is 4.36. The standard InChI is InChI=1S/C21H27ClFN5O/c1-13(2)12-26-21(28-20(29)15-3-7-16(22)8-4-15)27-19(25)11-18(24)14-5-9-17(23)10-6-14/h3-10,13,18-19H,11-12,24-25H2,1-2H3,(H2,26,27,28,29). The Morgan fingerprint density at radius 2 is 1.72 bits per heavy atom. The smallest absolute Gasteiger partial charge is 0.280 e. The molecule has 2 rings (SSSR count). The highest BCUT2D eigenvalue weighted by molar-refractivity contribution is 6.30. The highest BCUT2D eigenvalue weighted by Crippen LogP contribution is 2.15.